The van der Waals surface area contributed by atoms with E-state index in [4.69, 9.17) is 9.15 Å². The number of hydrogen-bond acceptors (Lipinski definition) is 7. The van der Waals surface area contributed by atoms with Gasteiger partial charge in [-0.1, -0.05) is 30.3 Å². The van der Waals surface area contributed by atoms with Crippen LogP contribution in [0, 0.1) is 12.7 Å². The number of nitrogens with zero attached hydrogens (tertiary/aromatic N) is 5. The lowest BCUT2D eigenvalue weighted by atomic mass is 10.0. The second kappa shape index (κ2) is 10.9. The molecular weight excluding hydrogens is 475 g/mol. The predicted molar refractivity (Wildman–Crippen MR) is 135 cm³/mol. The van der Waals surface area contributed by atoms with Crippen LogP contribution in [-0.4, -0.2) is 43.8 Å². The van der Waals surface area contributed by atoms with E-state index in [1.165, 1.54) is 12.1 Å². The minimum absolute atomic E-state index is 0.239. The number of benzene rings is 2. The van der Waals surface area contributed by atoms with Crippen LogP contribution >= 0.6 is 0 Å². The van der Waals surface area contributed by atoms with Gasteiger partial charge in [-0.05, 0) is 64.2 Å². The number of tetrazole rings is 1. The molecule has 3 aromatic heterocycles. The summed E-state index contributed by atoms with van der Waals surface area (Å²) in [6.07, 6.45) is 1.61. The number of aryl methyl sites for hydroxylation is 1. The minimum Gasteiger partial charge on any atom is -0.468 e. The van der Waals surface area contributed by atoms with Crippen LogP contribution in [0.4, 0.5) is 4.39 Å². The number of para-hydroxylation sites is 1. The van der Waals surface area contributed by atoms with Crippen LogP contribution in [-0.2, 0) is 24.4 Å². The third-order valence-electron chi connectivity index (χ3n) is 6.33. The molecule has 1 N–H and O–H groups in total. The molecule has 37 heavy (non-hydrogen) atoms. The lowest BCUT2D eigenvalue weighted by Gasteiger charge is -2.30. The van der Waals surface area contributed by atoms with Crippen molar-refractivity contribution in [2.45, 2.75) is 32.6 Å². The van der Waals surface area contributed by atoms with Gasteiger partial charge in [0.2, 0.25) is 0 Å². The van der Waals surface area contributed by atoms with Crippen molar-refractivity contribution in [3.8, 4) is 0 Å². The summed E-state index contributed by atoms with van der Waals surface area (Å²) in [6, 6.07) is 17.1. The van der Waals surface area contributed by atoms with E-state index >= 15 is 0 Å². The van der Waals surface area contributed by atoms with Gasteiger partial charge in [0.25, 0.3) is 5.56 Å². The average molecular weight is 503 g/mol. The van der Waals surface area contributed by atoms with Crippen LogP contribution in [0.25, 0.3) is 10.9 Å². The summed E-state index contributed by atoms with van der Waals surface area (Å²) in [4.78, 5) is 18.7. The molecule has 9 nitrogen and oxygen atoms in total. The Morgan fingerprint density at radius 2 is 1.97 bits per heavy atom. The Hall–Kier alpha value is -4.15. The van der Waals surface area contributed by atoms with Gasteiger partial charge in [0, 0.05) is 19.2 Å². The smallest absolute Gasteiger partial charge is 0.253 e. The van der Waals surface area contributed by atoms with Gasteiger partial charge in [-0.15, -0.1) is 5.10 Å². The summed E-state index contributed by atoms with van der Waals surface area (Å²) >= 11 is 0. The molecule has 0 aliphatic heterocycles. The maximum absolute atomic E-state index is 13.7. The molecule has 5 rings (SSSR count). The molecule has 0 aliphatic carbocycles. The molecule has 190 valence electrons. The highest BCUT2D eigenvalue weighted by molar-refractivity contribution is 5.82. The Labute approximate surface area is 212 Å². The van der Waals surface area contributed by atoms with Gasteiger partial charge in [-0.25, -0.2) is 9.07 Å². The fourth-order valence-electron chi connectivity index (χ4n) is 4.51. The Kier molecular flexibility index (Phi) is 7.20. The number of halogens is 1. The second-order valence-electron chi connectivity index (χ2n) is 8.86. The van der Waals surface area contributed by atoms with Crippen LogP contribution in [0.1, 0.15) is 34.3 Å². The number of methoxy groups -OCH3 is 1. The van der Waals surface area contributed by atoms with Crippen molar-refractivity contribution < 1.29 is 13.5 Å². The average Bonchev–Trinajstić information content (AvgIpc) is 3.58. The molecule has 0 unspecified atom stereocenters. The Morgan fingerprint density at radius 3 is 2.73 bits per heavy atom. The molecule has 1 atom stereocenters. The second-order valence-corrected chi connectivity index (χ2v) is 8.86. The normalized spacial score (nSPS) is 12.4. The molecule has 5 aromatic rings. The lowest BCUT2D eigenvalue weighted by Crippen LogP contribution is -2.35. The van der Waals surface area contributed by atoms with Crippen LogP contribution in [0.15, 0.2) is 76.1 Å². The first kappa shape index (κ1) is 24.5. The van der Waals surface area contributed by atoms with Gasteiger partial charge in [-0.3, -0.25) is 9.69 Å². The molecule has 0 saturated heterocycles. The number of aromatic amines is 1. The van der Waals surface area contributed by atoms with E-state index in [1.54, 1.807) is 30.2 Å². The Balaban J connectivity index is 1.68. The molecule has 0 amide bonds. The van der Waals surface area contributed by atoms with Crippen molar-refractivity contribution in [1.82, 2.24) is 30.1 Å². The first-order chi connectivity index (χ1) is 18.0. The van der Waals surface area contributed by atoms with E-state index in [0.29, 0.717) is 43.4 Å². The van der Waals surface area contributed by atoms with Crippen molar-refractivity contribution in [3.63, 3.8) is 0 Å². The molecule has 0 saturated carbocycles. The van der Waals surface area contributed by atoms with Crippen LogP contribution in [0.3, 0.4) is 0 Å². The number of ether oxygens (including phenoxy) is 1. The molecular formula is C27H27FN6O3. The van der Waals surface area contributed by atoms with Gasteiger partial charge in [0.05, 0.1) is 31.5 Å². The monoisotopic (exact) mass is 502 g/mol. The van der Waals surface area contributed by atoms with Crippen molar-refractivity contribution in [2.24, 2.45) is 0 Å². The number of rotatable bonds is 10. The summed E-state index contributed by atoms with van der Waals surface area (Å²) in [5.41, 5.74) is 2.87. The van der Waals surface area contributed by atoms with Crippen LogP contribution < -0.4 is 5.56 Å². The van der Waals surface area contributed by atoms with Gasteiger partial charge < -0.3 is 14.1 Å². The fraction of sp³-hybridized carbons (Fsp3) is 0.259. The van der Waals surface area contributed by atoms with Gasteiger partial charge >= 0.3 is 0 Å². The quantitative estimate of drug-likeness (QED) is 0.308. The number of hydrogen-bond donors (Lipinski definition) is 1. The summed E-state index contributed by atoms with van der Waals surface area (Å²) < 4.78 is 26.2. The zero-order chi connectivity index (χ0) is 25.8. The van der Waals surface area contributed by atoms with Crippen molar-refractivity contribution in [2.75, 3.05) is 13.7 Å². The third kappa shape index (κ3) is 5.35. The summed E-state index contributed by atoms with van der Waals surface area (Å²) in [7, 11) is 1.61. The predicted octanol–water partition coefficient (Wildman–Crippen LogP) is 3.99. The third-order valence-corrected chi connectivity index (χ3v) is 6.33. The zero-order valence-corrected chi connectivity index (χ0v) is 20.6. The first-order valence-electron chi connectivity index (χ1n) is 11.9. The Morgan fingerprint density at radius 1 is 1.14 bits per heavy atom. The zero-order valence-electron chi connectivity index (χ0n) is 20.6. The maximum Gasteiger partial charge on any atom is 0.253 e. The maximum atomic E-state index is 13.7. The van der Waals surface area contributed by atoms with E-state index in [0.717, 1.165) is 22.0 Å². The highest BCUT2D eigenvalue weighted by Gasteiger charge is 2.31. The van der Waals surface area contributed by atoms with Crippen LogP contribution in [0.2, 0.25) is 0 Å². The van der Waals surface area contributed by atoms with Gasteiger partial charge in [0.15, 0.2) is 5.82 Å². The number of nitrogens with one attached hydrogen (secondary N) is 1. The fourth-order valence-corrected chi connectivity index (χ4v) is 4.51. The van der Waals surface area contributed by atoms with Gasteiger partial charge in [0.1, 0.15) is 17.6 Å². The molecule has 10 heteroatoms. The first-order valence-corrected chi connectivity index (χ1v) is 11.9. The SMILES string of the molecule is COCCn1nnnc1[C@H](c1cc2cccc(C)c2[nH]c1=O)N(Cc1ccc(F)cc1)Cc1ccco1. The standard InChI is InChI=1S/C27H27FN6O3/c1-18-5-3-6-20-15-23(27(35)29-24(18)20)25(26-30-31-32-34(26)12-14-36-2)33(17-22-7-4-13-37-22)16-19-8-10-21(28)11-9-19/h3-11,13,15,25H,12,14,16-17H2,1-2H3,(H,29,35)/t25-/m0/s1. The number of fused-ring (bicyclic) bond motifs is 1. The number of aromatic nitrogens is 5. The summed E-state index contributed by atoms with van der Waals surface area (Å²) in [6.45, 7) is 3.50. The van der Waals surface area contributed by atoms with Crippen molar-refractivity contribution >= 4 is 10.9 Å². The lowest BCUT2D eigenvalue weighted by molar-refractivity contribution is 0.163. The molecule has 0 spiro atoms. The topological polar surface area (TPSA) is 102 Å². The molecule has 2 aromatic carbocycles. The van der Waals surface area contributed by atoms with Crippen molar-refractivity contribution in [3.05, 3.63) is 111 Å². The van der Waals surface area contributed by atoms with E-state index in [9.17, 15) is 9.18 Å². The van der Waals surface area contributed by atoms with E-state index < -0.39 is 6.04 Å². The Bertz CT molecular complexity index is 1530. The van der Waals surface area contributed by atoms with E-state index in [1.807, 2.05) is 48.2 Å². The molecule has 0 radical (unpaired) electrons. The largest absolute Gasteiger partial charge is 0.468 e. The van der Waals surface area contributed by atoms with Crippen LogP contribution in [0.5, 0.6) is 0 Å². The van der Waals surface area contributed by atoms with E-state index in [2.05, 4.69) is 20.5 Å². The van der Waals surface area contributed by atoms with E-state index in [-0.39, 0.29) is 11.4 Å². The van der Waals surface area contributed by atoms with Crippen molar-refractivity contribution in [1.29, 1.82) is 0 Å². The highest BCUT2D eigenvalue weighted by atomic mass is 19.1. The summed E-state index contributed by atoms with van der Waals surface area (Å²) in [5.74, 6) is 0.877. The highest BCUT2D eigenvalue weighted by Crippen LogP contribution is 2.30. The molecule has 0 fully saturated rings. The number of pyridine rings is 1. The number of H-pyrrole nitrogens is 1. The molecule has 0 aliphatic rings. The minimum atomic E-state index is -0.643. The van der Waals surface area contributed by atoms with Gasteiger partial charge in [-0.2, -0.15) is 0 Å². The summed E-state index contributed by atoms with van der Waals surface area (Å²) in [5, 5.41) is 13.3. The number of furan rings is 1. The molecule has 3 heterocycles. The molecule has 0 bridgehead atoms.